The lowest BCUT2D eigenvalue weighted by molar-refractivity contribution is -0.143. The Hall–Kier alpha value is -0.950. The Bertz CT molecular complexity index is 409. The Morgan fingerprint density at radius 1 is 1.19 bits per heavy atom. The predicted molar refractivity (Wildman–Crippen MR) is 55.9 cm³/mol. The van der Waals surface area contributed by atoms with Crippen LogP contribution in [0.5, 0.6) is 0 Å². The standard InChI is InChI=1S/C9H14N2O4S/c1-2-16(14,15)10-5-7(6-10)11-8(12)3-4-9(11)13/h7H,2-6H2,1H3. The van der Waals surface area contributed by atoms with Crippen molar-refractivity contribution in [2.75, 3.05) is 18.8 Å². The van der Waals surface area contributed by atoms with Crippen molar-refractivity contribution in [2.45, 2.75) is 25.8 Å². The van der Waals surface area contributed by atoms with Crippen molar-refractivity contribution in [1.29, 1.82) is 0 Å². The second kappa shape index (κ2) is 3.81. The molecule has 0 bridgehead atoms. The molecule has 2 amide bonds. The SMILES string of the molecule is CCS(=O)(=O)N1CC(N2C(=O)CCC2=O)C1. The molecule has 0 N–H and O–H groups in total. The van der Waals surface area contributed by atoms with Gasteiger partial charge in [-0.3, -0.25) is 14.5 Å². The Balaban J connectivity index is 1.99. The Morgan fingerprint density at radius 2 is 1.69 bits per heavy atom. The minimum Gasteiger partial charge on any atom is -0.277 e. The van der Waals surface area contributed by atoms with Gasteiger partial charge in [0.1, 0.15) is 0 Å². The number of carbonyl (C=O) groups excluding carboxylic acids is 2. The molecular formula is C9H14N2O4S. The average Bonchev–Trinajstić information content (AvgIpc) is 2.47. The summed E-state index contributed by atoms with van der Waals surface area (Å²) in [4.78, 5) is 24.0. The van der Waals surface area contributed by atoms with Crippen molar-refractivity contribution in [1.82, 2.24) is 9.21 Å². The maximum Gasteiger partial charge on any atom is 0.230 e. The first-order chi connectivity index (χ1) is 7.45. The Kier molecular flexibility index (Phi) is 2.75. The van der Waals surface area contributed by atoms with E-state index in [1.807, 2.05) is 0 Å². The lowest BCUT2D eigenvalue weighted by Crippen LogP contribution is -2.62. The number of likely N-dealkylation sites (tertiary alicyclic amines) is 1. The lowest BCUT2D eigenvalue weighted by atomic mass is 10.1. The van der Waals surface area contributed by atoms with Crippen LogP contribution in [0.3, 0.4) is 0 Å². The smallest absolute Gasteiger partial charge is 0.230 e. The van der Waals surface area contributed by atoms with Crippen LogP contribution in [0.4, 0.5) is 0 Å². The summed E-state index contributed by atoms with van der Waals surface area (Å²) in [5, 5.41) is 0. The number of hydrogen-bond donors (Lipinski definition) is 0. The highest BCUT2D eigenvalue weighted by molar-refractivity contribution is 7.89. The molecule has 16 heavy (non-hydrogen) atoms. The van der Waals surface area contributed by atoms with Crippen molar-refractivity contribution >= 4 is 21.8 Å². The highest BCUT2D eigenvalue weighted by Gasteiger charge is 2.44. The van der Waals surface area contributed by atoms with Crippen LogP contribution in [0, 0.1) is 0 Å². The average molecular weight is 246 g/mol. The van der Waals surface area contributed by atoms with Crippen LogP contribution in [0.15, 0.2) is 0 Å². The van der Waals surface area contributed by atoms with Crippen LogP contribution in [-0.4, -0.2) is 54.3 Å². The maximum atomic E-state index is 11.4. The van der Waals surface area contributed by atoms with Crippen LogP contribution >= 0.6 is 0 Å². The Morgan fingerprint density at radius 3 is 2.12 bits per heavy atom. The fourth-order valence-corrected chi connectivity index (χ4v) is 3.15. The van der Waals surface area contributed by atoms with Gasteiger partial charge in [0, 0.05) is 25.9 Å². The molecule has 0 aromatic carbocycles. The van der Waals surface area contributed by atoms with Crippen LogP contribution in [-0.2, 0) is 19.6 Å². The zero-order chi connectivity index (χ0) is 11.9. The molecule has 90 valence electrons. The molecule has 2 fully saturated rings. The van der Waals surface area contributed by atoms with E-state index in [4.69, 9.17) is 0 Å². The number of rotatable bonds is 3. The van der Waals surface area contributed by atoms with Gasteiger partial charge in [0.05, 0.1) is 11.8 Å². The van der Waals surface area contributed by atoms with Crippen molar-refractivity contribution < 1.29 is 18.0 Å². The summed E-state index contributed by atoms with van der Waals surface area (Å²) in [5.41, 5.74) is 0. The Labute approximate surface area is 94.3 Å². The summed E-state index contributed by atoms with van der Waals surface area (Å²) >= 11 is 0. The molecule has 7 heteroatoms. The molecule has 2 rings (SSSR count). The second-order valence-electron chi connectivity index (χ2n) is 4.03. The summed E-state index contributed by atoms with van der Waals surface area (Å²) in [6.45, 7) is 2.09. The molecule has 0 radical (unpaired) electrons. The largest absolute Gasteiger partial charge is 0.277 e. The first kappa shape index (κ1) is 11.5. The molecule has 2 aliphatic rings. The molecule has 0 saturated carbocycles. The van der Waals surface area contributed by atoms with Gasteiger partial charge in [-0.15, -0.1) is 0 Å². The van der Waals surface area contributed by atoms with Gasteiger partial charge in [-0.25, -0.2) is 8.42 Å². The minimum atomic E-state index is -3.17. The molecule has 6 nitrogen and oxygen atoms in total. The minimum absolute atomic E-state index is 0.0572. The molecule has 0 aliphatic carbocycles. The van der Waals surface area contributed by atoms with Crippen LogP contribution in [0.1, 0.15) is 19.8 Å². The van der Waals surface area contributed by atoms with E-state index in [-0.39, 0.29) is 49.5 Å². The van der Waals surface area contributed by atoms with Gasteiger partial charge in [0.2, 0.25) is 21.8 Å². The number of imide groups is 1. The summed E-state index contributed by atoms with van der Waals surface area (Å²) in [5.74, 6) is -0.297. The van der Waals surface area contributed by atoms with E-state index < -0.39 is 10.0 Å². The molecule has 2 aliphatic heterocycles. The summed E-state index contributed by atoms with van der Waals surface area (Å²) in [7, 11) is -3.17. The van der Waals surface area contributed by atoms with Gasteiger partial charge in [-0.05, 0) is 6.92 Å². The van der Waals surface area contributed by atoms with Crippen molar-refractivity contribution in [3.05, 3.63) is 0 Å². The third-order valence-electron chi connectivity index (χ3n) is 3.04. The fraction of sp³-hybridized carbons (Fsp3) is 0.778. The summed E-state index contributed by atoms with van der Waals surface area (Å²) in [6, 6.07) is -0.246. The third kappa shape index (κ3) is 1.73. The molecular weight excluding hydrogens is 232 g/mol. The van der Waals surface area contributed by atoms with Crippen molar-refractivity contribution in [2.24, 2.45) is 0 Å². The molecule has 2 heterocycles. The van der Waals surface area contributed by atoms with E-state index >= 15 is 0 Å². The van der Waals surface area contributed by atoms with E-state index in [9.17, 15) is 18.0 Å². The monoisotopic (exact) mass is 246 g/mol. The molecule has 0 spiro atoms. The van der Waals surface area contributed by atoms with Gasteiger partial charge in [0.25, 0.3) is 0 Å². The van der Waals surface area contributed by atoms with Gasteiger partial charge in [-0.1, -0.05) is 0 Å². The molecule has 0 atom stereocenters. The van der Waals surface area contributed by atoms with Gasteiger partial charge in [0.15, 0.2) is 0 Å². The number of carbonyl (C=O) groups is 2. The van der Waals surface area contributed by atoms with Gasteiger partial charge >= 0.3 is 0 Å². The number of sulfonamides is 1. The van der Waals surface area contributed by atoms with Crippen molar-refractivity contribution in [3.63, 3.8) is 0 Å². The predicted octanol–water partition coefficient (Wildman–Crippen LogP) is -0.831. The summed E-state index contributed by atoms with van der Waals surface area (Å²) < 4.78 is 24.2. The first-order valence-electron chi connectivity index (χ1n) is 5.28. The lowest BCUT2D eigenvalue weighted by Gasteiger charge is -2.41. The van der Waals surface area contributed by atoms with Crippen molar-refractivity contribution in [3.8, 4) is 0 Å². The van der Waals surface area contributed by atoms with Crippen LogP contribution in [0.25, 0.3) is 0 Å². The zero-order valence-corrected chi connectivity index (χ0v) is 9.87. The topological polar surface area (TPSA) is 74.8 Å². The quantitative estimate of drug-likeness (QED) is 0.609. The normalized spacial score (nSPS) is 23.9. The molecule has 0 aromatic rings. The van der Waals surface area contributed by atoms with Gasteiger partial charge < -0.3 is 0 Å². The third-order valence-corrected chi connectivity index (χ3v) is 4.86. The van der Waals surface area contributed by atoms with E-state index in [2.05, 4.69) is 0 Å². The highest BCUT2D eigenvalue weighted by Crippen LogP contribution is 2.24. The first-order valence-corrected chi connectivity index (χ1v) is 6.89. The molecule has 0 aromatic heterocycles. The highest BCUT2D eigenvalue weighted by atomic mass is 32.2. The van der Waals surface area contributed by atoms with E-state index in [0.29, 0.717) is 0 Å². The van der Waals surface area contributed by atoms with E-state index in [0.717, 1.165) is 0 Å². The number of nitrogens with zero attached hydrogens (tertiary/aromatic N) is 2. The van der Waals surface area contributed by atoms with Crippen LogP contribution in [0.2, 0.25) is 0 Å². The maximum absolute atomic E-state index is 11.4. The zero-order valence-electron chi connectivity index (χ0n) is 9.05. The van der Waals surface area contributed by atoms with E-state index in [1.54, 1.807) is 6.92 Å². The summed E-state index contributed by atoms with van der Waals surface area (Å²) in [6.07, 6.45) is 0.520. The fourth-order valence-electron chi connectivity index (χ4n) is 1.99. The number of hydrogen-bond acceptors (Lipinski definition) is 4. The van der Waals surface area contributed by atoms with Gasteiger partial charge in [-0.2, -0.15) is 4.31 Å². The van der Waals surface area contributed by atoms with E-state index in [1.165, 1.54) is 9.21 Å². The molecule has 2 saturated heterocycles. The number of amides is 2. The van der Waals surface area contributed by atoms with Crippen LogP contribution < -0.4 is 0 Å². The second-order valence-corrected chi connectivity index (χ2v) is 6.29. The molecule has 0 unspecified atom stereocenters.